The van der Waals surface area contributed by atoms with E-state index in [9.17, 15) is 9.18 Å². The Kier molecular flexibility index (Phi) is 7.91. The highest BCUT2D eigenvalue weighted by molar-refractivity contribution is 5.85. The van der Waals surface area contributed by atoms with Crippen molar-refractivity contribution in [3.8, 4) is 5.75 Å². The summed E-state index contributed by atoms with van der Waals surface area (Å²) in [5, 5.41) is 0. The Labute approximate surface area is 161 Å². The smallest absolute Gasteiger partial charge is 0.222 e. The van der Waals surface area contributed by atoms with Gasteiger partial charge in [0.05, 0.1) is 7.11 Å². The van der Waals surface area contributed by atoms with Gasteiger partial charge in [-0.25, -0.2) is 4.39 Å². The van der Waals surface area contributed by atoms with Crippen molar-refractivity contribution >= 4 is 18.3 Å². The van der Waals surface area contributed by atoms with Crippen LogP contribution < -0.4 is 4.74 Å². The standard InChI is InChI=1S/C20H27FN2O2.ClH/c1-25-19-10-9-16(15-18(19)21)5-4-8-20(24)23-13-11-22(12-14-23)17-6-2-3-7-17;/h2-3,9-10,15,17H,4-8,11-14H2,1H3;1H. The first-order valence-electron chi connectivity index (χ1n) is 9.16. The van der Waals surface area contributed by atoms with Crippen molar-refractivity contribution < 1.29 is 13.9 Å². The Bertz CT molecular complexity index is 622. The largest absolute Gasteiger partial charge is 0.494 e. The van der Waals surface area contributed by atoms with Crippen molar-refractivity contribution in [3.05, 3.63) is 41.7 Å². The molecular weight excluding hydrogens is 355 g/mol. The van der Waals surface area contributed by atoms with Gasteiger partial charge in [0.25, 0.3) is 0 Å². The third-order valence-electron chi connectivity index (χ3n) is 5.24. The van der Waals surface area contributed by atoms with Gasteiger partial charge in [-0.3, -0.25) is 9.69 Å². The van der Waals surface area contributed by atoms with E-state index in [1.165, 1.54) is 13.2 Å². The summed E-state index contributed by atoms with van der Waals surface area (Å²) in [7, 11) is 1.46. The Balaban J connectivity index is 0.00000243. The Hall–Kier alpha value is -1.59. The van der Waals surface area contributed by atoms with Crippen molar-refractivity contribution in [3.63, 3.8) is 0 Å². The van der Waals surface area contributed by atoms with Gasteiger partial charge in [-0.1, -0.05) is 18.2 Å². The monoisotopic (exact) mass is 382 g/mol. The summed E-state index contributed by atoms with van der Waals surface area (Å²) in [6, 6.07) is 5.64. The zero-order chi connectivity index (χ0) is 17.6. The van der Waals surface area contributed by atoms with Gasteiger partial charge in [-0.15, -0.1) is 12.4 Å². The number of hydrogen-bond acceptors (Lipinski definition) is 3. The highest BCUT2D eigenvalue weighted by Gasteiger charge is 2.25. The molecule has 3 rings (SSSR count). The van der Waals surface area contributed by atoms with Gasteiger partial charge in [-0.2, -0.15) is 0 Å². The van der Waals surface area contributed by atoms with Gasteiger partial charge in [0, 0.05) is 38.6 Å². The van der Waals surface area contributed by atoms with E-state index in [2.05, 4.69) is 17.1 Å². The van der Waals surface area contributed by atoms with Crippen molar-refractivity contribution in [2.45, 2.75) is 38.1 Å². The summed E-state index contributed by atoms with van der Waals surface area (Å²) in [5.41, 5.74) is 0.907. The molecule has 144 valence electrons. The first-order valence-corrected chi connectivity index (χ1v) is 9.16. The number of ether oxygens (including phenoxy) is 1. The third kappa shape index (κ3) is 5.21. The van der Waals surface area contributed by atoms with Gasteiger partial charge in [0.1, 0.15) is 0 Å². The van der Waals surface area contributed by atoms with Crippen LogP contribution in [-0.4, -0.2) is 55.0 Å². The Morgan fingerprint density at radius 3 is 2.50 bits per heavy atom. The molecule has 6 heteroatoms. The van der Waals surface area contributed by atoms with Crippen molar-refractivity contribution in [2.75, 3.05) is 33.3 Å². The molecule has 0 unspecified atom stereocenters. The number of halogens is 2. The number of carbonyl (C=O) groups is 1. The molecule has 1 aromatic rings. The summed E-state index contributed by atoms with van der Waals surface area (Å²) in [5.74, 6) is 0.136. The van der Waals surface area contributed by atoms with Gasteiger partial charge in [-0.05, 0) is 43.4 Å². The second-order valence-electron chi connectivity index (χ2n) is 6.84. The molecule has 0 N–H and O–H groups in total. The predicted octanol–water partition coefficient (Wildman–Crippen LogP) is 3.44. The quantitative estimate of drug-likeness (QED) is 0.706. The van der Waals surface area contributed by atoms with Crippen LogP contribution in [0.3, 0.4) is 0 Å². The highest BCUT2D eigenvalue weighted by Crippen LogP contribution is 2.20. The molecule has 0 spiro atoms. The van der Waals surface area contributed by atoms with E-state index in [-0.39, 0.29) is 29.9 Å². The number of rotatable bonds is 6. The predicted molar refractivity (Wildman–Crippen MR) is 103 cm³/mol. The second kappa shape index (κ2) is 9.93. The maximum absolute atomic E-state index is 13.7. The molecule has 0 radical (unpaired) electrons. The molecule has 1 amide bonds. The summed E-state index contributed by atoms with van der Waals surface area (Å²) in [6.07, 6.45) is 8.78. The van der Waals surface area contributed by atoms with Crippen LogP contribution >= 0.6 is 12.4 Å². The van der Waals surface area contributed by atoms with Gasteiger partial charge in [0.2, 0.25) is 5.91 Å². The number of nitrogens with zero attached hydrogens (tertiary/aromatic N) is 2. The number of benzene rings is 1. The molecule has 4 nitrogen and oxygen atoms in total. The molecule has 2 aliphatic rings. The topological polar surface area (TPSA) is 32.8 Å². The maximum Gasteiger partial charge on any atom is 0.222 e. The number of piperazine rings is 1. The van der Waals surface area contributed by atoms with E-state index in [4.69, 9.17) is 4.74 Å². The average molecular weight is 383 g/mol. The molecule has 0 bridgehead atoms. The zero-order valence-electron chi connectivity index (χ0n) is 15.3. The van der Waals surface area contributed by atoms with Gasteiger partial charge >= 0.3 is 0 Å². The minimum Gasteiger partial charge on any atom is -0.494 e. The van der Waals surface area contributed by atoms with Crippen LogP contribution in [0.2, 0.25) is 0 Å². The van der Waals surface area contributed by atoms with E-state index >= 15 is 0 Å². The number of methoxy groups -OCH3 is 1. The van der Waals surface area contributed by atoms with Crippen LogP contribution in [0.4, 0.5) is 4.39 Å². The average Bonchev–Trinajstić information content (AvgIpc) is 3.16. The third-order valence-corrected chi connectivity index (χ3v) is 5.24. The highest BCUT2D eigenvalue weighted by atomic mass is 35.5. The molecular formula is C20H28ClFN2O2. The molecule has 1 aliphatic heterocycles. The SMILES string of the molecule is COc1ccc(CCCC(=O)N2CCN(C3CC=CC3)CC2)cc1F.Cl. The van der Waals surface area contributed by atoms with Crippen molar-refractivity contribution in [1.29, 1.82) is 0 Å². The summed E-state index contributed by atoms with van der Waals surface area (Å²) in [6.45, 7) is 3.60. The molecule has 26 heavy (non-hydrogen) atoms. The van der Waals surface area contributed by atoms with E-state index in [1.54, 1.807) is 6.07 Å². The van der Waals surface area contributed by atoms with Gasteiger partial charge < -0.3 is 9.64 Å². The fraction of sp³-hybridized carbons (Fsp3) is 0.550. The number of hydrogen-bond donors (Lipinski definition) is 0. The van der Waals surface area contributed by atoms with Gasteiger partial charge in [0.15, 0.2) is 11.6 Å². The van der Waals surface area contributed by atoms with E-state index < -0.39 is 0 Å². The van der Waals surface area contributed by atoms with E-state index in [0.717, 1.165) is 51.0 Å². The molecule has 1 saturated heterocycles. The molecule has 1 aromatic carbocycles. The van der Waals surface area contributed by atoms with Crippen LogP contribution in [0.15, 0.2) is 30.4 Å². The summed E-state index contributed by atoms with van der Waals surface area (Å²) >= 11 is 0. The van der Waals surface area contributed by atoms with Crippen LogP contribution in [0.25, 0.3) is 0 Å². The fourth-order valence-electron chi connectivity index (χ4n) is 3.70. The second-order valence-corrected chi connectivity index (χ2v) is 6.84. The number of aryl methyl sites for hydroxylation is 1. The lowest BCUT2D eigenvalue weighted by Crippen LogP contribution is -2.51. The molecule has 1 heterocycles. The zero-order valence-corrected chi connectivity index (χ0v) is 16.1. The minimum atomic E-state index is -0.344. The number of amides is 1. The van der Waals surface area contributed by atoms with Crippen molar-refractivity contribution in [1.82, 2.24) is 9.80 Å². The molecule has 1 fully saturated rings. The lowest BCUT2D eigenvalue weighted by atomic mass is 10.1. The molecule has 0 atom stereocenters. The van der Waals surface area contributed by atoms with Crippen LogP contribution in [0.5, 0.6) is 5.75 Å². The Morgan fingerprint density at radius 1 is 1.19 bits per heavy atom. The lowest BCUT2D eigenvalue weighted by Gasteiger charge is -2.38. The summed E-state index contributed by atoms with van der Waals surface area (Å²) in [4.78, 5) is 16.9. The number of carbonyl (C=O) groups excluding carboxylic acids is 1. The first-order chi connectivity index (χ1) is 12.2. The maximum atomic E-state index is 13.7. The summed E-state index contributed by atoms with van der Waals surface area (Å²) < 4.78 is 18.6. The van der Waals surface area contributed by atoms with E-state index in [0.29, 0.717) is 18.9 Å². The lowest BCUT2D eigenvalue weighted by molar-refractivity contribution is -0.133. The van der Waals surface area contributed by atoms with Crippen LogP contribution in [-0.2, 0) is 11.2 Å². The first kappa shape index (κ1) is 20.7. The normalized spacial score (nSPS) is 18.0. The minimum absolute atomic E-state index is 0. The van der Waals surface area contributed by atoms with Crippen LogP contribution in [0, 0.1) is 5.82 Å². The van der Waals surface area contributed by atoms with Crippen LogP contribution in [0.1, 0.15) is 31.2 Å². The van der Waals surface area contributed by atoms with E-state index in [1.807, 2.05) is 11.0 Å². The Morgan fingerprint density at radius 2 is 1.88 bits per heavy atom. The molecule has 1 aliphatic carbocycles. The molecule has 0 saturated carbocycles. The van der Waals surface area contributed by atoms with Crippen molar-refractivity contribution in [2.24, 2.45) is 0 Å². The molecule has 0 aromatic heterocycles. The fourth-order valence-corrected chi connectivity index (χ4v) is 3.70.